The molecule has 1 heterocycles. The highest BCUT2D eigenvalue weighted by Crippen LogP contribution is 2.14. The molecule has 0 fully saturated rings. The van der Waals surface area contributed by atoms with Crippen LogP contribution in [0.3, 0.4) is 0 Å². The molecule has 1 N–H and O–H groups in total. The topological polar surface area (TPSA) is 59.6 Å². The molecule has 0 spiro atoms. The molecule has 0 saturated heterocycles. The standard InChI is InChI=1S/C16H21N3O2/c1-13(18-20)3-4-14-5-7-16(8-6-14)21-12-10-15-9-11-17-19(15)2/h5-9,11,20H,3-4,10,12H2,1-2H3/b18-13-. The number of ether oxygens (including phenoxy) is 1. The molecule has 2 aromatic rings. The number of benzene rings is 1. The van der Waals surface area contributed by atoms with E-state index in [1.807, 2.05) is 49.0 Å². The normalized spacial score (nSPS) is 11.6. The van der Waals surface area contributed by atoms with Crippen molar-refractivity contribution in [2.24, 2.45) is 12.2 Å². The van der Waals surface area contributed by atoms with Gasteiger partial charge in [0.05, 0.1) is 12.3 Å². The molecule has 0 unspecified atom stereocenters. The number of rotatable bonds is 7. The third-order valence-corrected chi connectivity index (χ3v) is 3.42. The number of aromatic nitrogens is 2. The Morgan fingerprint density at radius 2 is 2.00 bits per heavy atom. The van der Waals surface area contributed by atoms with Crippen molar-refractivity contribution in [2.75, 3.05) is 6.61 Å². The number of aryl methyl sites for hydroxylation is 2. The highest BCUT2D eigenvalue weighted by atomic mass is 16.5. The van der Waals surface area contributed by atoms with Crippen molar-refractivity contribution in [2.45, 2.75) is 26.2 Å². The first-order chi connectivity index (χ1) is 10.2. The third kappa shape index (κ3) is 4.63. The molecule has 1 aromatic heterocycles. The summed E-state index contributed by atoms with van der Waals surface area (Å²) in [7, 11) is 1.93. The average Bonchev–Trinajstić information content (AvgIpc) is 2.91. The highest BCUT2D eigenvalue weighted by Gasteiger charge is 2.01. The van der Waals surface area contributed by atoms with Gasteiger partial charge in [0.2, 0.25) is 0 Å². The van der Waals surface area contributed by atoms with Crippen molar-refractivity contribution >= 4 is 5.71 Å². The molecule has 0 atom stereocenters. The van der Waals surface area contributed by atoms with Crippen LogP contribution in [0.15, 0.2) is 41.7 Å². The van der Waals surface area contributed by atoms with Crippen molar-refractivity contribution < 1.29 is 9.94 Å². The molecule has 0 aliphatic rings. The summed E-state index contributed by atoms with van der Waals surface area (Å²) < 4.78 is 7.59. The minimum absolute atomic E-state index is 0.634. The lowest BCUT2D eigenvalue weighted by Crippen LogP contribution is -2.06. The molecule has 0 radical (unpaired) electrons. The van der Waals surface area contributed by atoms with Crippen LogP contribution in [0.5, 0.6) is 5.75 Å². The van der Waals surface area contributed by atoms with Crippen molar-refractivity contribution in [1.82, 2.24) is 9.78 Å². The second-order valence-corrected chi connectivity index (χ2v) is 5.02. The van der Waals surface area contributed by atoms with Gasteiger partial charge in [0.1, 0.15) is 5.75 Å². The number of hydrogen-bond acceptors (Lipinski definition) is 4. The molecule has 21 heavy (non-hydrogen) atoms. The first kappa shape index (κ1) is 15.1. The molecule has 0 bridgehead atoms. The lowest BCUT2D eigenvalue weighted by atomic mass is 10.1. The van der Waals surface area contributed by atoms with Crippen LogP contribution in [-0.2, 0) is 19.9 Å². The van der Waals surface area contributed by atoms with Crippen molar-refractivity contribution in [3.8, 4) is 5.75 Å². The minimum Gasteiger partial charge on any atom is -0.493 e. The van der Waals surface area contributed by atoms with Crippen LogP contribution in [0.2, 0.25) is 0 Å². The first-order valence-corrected chi connectivity index (χ1v) is 7.05. The highest BCUT2D eigenvalue weighted by molar-refractivity contribution is 5.81. The van der Waals surface area contributed by atoms with E-state index in [0.717, 1.165) is 36.4 Å². The Morgan fingerprint density at radius 3 is 2.62 bits per heavy atom. The van der Waals surface area contributed by atoms with Gasteiger partial charge in [0, 0.05) is 25.4 Å². The monoisotopic (exact) mass is 287 g/mol. The van der Waals surface area contributed by atoms with E-state index in [2.05, 4.69) is 10.3 Å². The van der Waals surface area contributed by atoms with Crippen LogP contribution < -0.4 is 4.74 Å². The van der Waals surface area contributed by atoms with Crippen LogP contribution in [0.1, 0.15) is 24.6 Å². The number of oxime groups is 1. The van der Waals surface area contributed by atoms with E-state index in [-0.39, 0.29) is 0 Å². The predicted octanol–water partition coefficient (Wildman–Crippen LogP) is 2.82. The Balaban J connectivity index is 1.78. The van der Waals surface area contributed by atoms with Gasteiger partial charge in [-0.25, -0.2) is 0 Å². The SMILES string of the molecule is C/C(CCc1ccc(OCCc2ccnn2C)cc1)=N/O. The average molecular weight is 287 g/mol. The summed E-state index contributed by atoms with van der Waals surface area (Å²) in [5.41, 5.74) is 3.11. The van der Waals surface area contributed by atoms with Crippen LogP contribution >= 0.6 is 0 Å². The van der Waals surface area contributed by atoms with E-state index in [4.69, 9.17) is 9.94 Å². The van der Waals surface area contributed by atoms with Gasteiger partial charge < -0.3 is 9.94 Å². The summed E-state index contributed by atoms with van der Waals surface area (Å²) in [5, 5.41) is 15.9. The predicted molar refractivity (Wildman–Crippen MR) is 82.1 cm³/mol. The quantitative estimate of drug-likeness (QED) is 0.484. The Hall–Kier alpha value is -2.30. The summed E-state index contributed by atoms with van der Waals surface area (Å²) in [6, 6.07) is 10.0. The second kappa shape index (κ2) is 7.47. The van der Waals surface area contributed by atoms with Crippen LogP contribution in [0.25, 0.3) is 0 Å². The molecular formula is C16H21N3O2. The van der Waals surface area contributed by atoms with Gasteiger partial charge >= 0.3 is 0 Å². The minimum atomic E-state index is 0.634. The zero-order chi connectivity index (χ0) is 15.1. The maximum absolute atomic E-state index is 8.61. The van der Waals surface area contributed by atoms with E-state index in [1.54, 1.807) is 6.20 Å². The van der Waals surface area contributed by atoms with Crippen LogP contribution in [0, 0.1) is 0 Å². The third-order valence-electron chi connectivity index (χ3n) is 3.42. The van der Waals surface area contributed by atoms with Crippen LogP contribution in [-0.4, -0.2) is 27.3 Å². The van der Waals surface area contributed by atoms with E-state index in [1.165, 1.54) is 5.56 Å². The smallest absolute Gasteiger partial charge is 0.119 e. The molecule has 1 aromatic carbocycles. The summed E-state index contributed by atoms with van der Waals surface area (Å²) in [5.74, 6) is 0.869. The number of hydrogen-bond donors (Lipinski definition) is 1. The fraction of sp³-hybridized carbons (Fsp3) is 0.375. The Bertz CT molecular complexity index is 588. The molecular weight excluding hydrogens is 266 g/mol. The molecule has 0 saturated carbocycles. The van der Waals surface area contributed by atoms with E-state index >= 15 is 0 Å². The van der Waals surface area contributed by atoms with E-state index in [0.29, 0.717) is 6.61 Å². The maximum Gasteiger partial charge on any atom is 0.119 e. The van der Waals surface area contributed by atoms with Crippen molar-refractivity contribution in [3.05, 3.63) is 47.8 Å². The summed E-state index contributed by atoms with van der Waals surface area (Å²) in [6.07, 6.45) is 4.26. The van der Waals surface area contributed by atoms with Gasteiger partial charge in [-0.3, -0.25) is 4.68 Å². The van der Waals surface area contributed by atoms with Crippen molar-refractivity contribution in [1.29, 1.82) is 0 Å². The zero-order valence-electron chi connectivity index (χ0n) is 12.5. The lowest BCUT2D eigenvalue weighted by Gasteiger charge is -2.07. The number of nitrogens with zero attached hydrogens (tertiary/aromatic N) is 3. The maximum atomic E-state index is 8.61. The first-order valence-electron chi connectivity index (χ1n) is 7.05. The van der Waals surface area contributed by atoms with Gasteiger partial charge in [-0.05, 0) is 43.5 Å². The molecule has 5 nitrogen and oxygen atoms in total. The van der Waals surface area contributed by atoms with Crippen molar-refractivity contribution in [3.63, 3.8) is 0 Å². The van der Waals surface area contributed by atoms with Gasteiger partial charge in [-0.2, -0.15) is 5.10 Å². The van der Waals surface area contributed by atoms with E-state index in [9.17, 15) is 0 Å². The lowest BCUT2D eigenvalue weighted by molar-refractivity contribution is 0.317. The zero-order valence-corrected chi connectivity index (χ0v) is 12.5. The van der Waals surface area contributed by atoms with Gasteiger partial charge in [0.15, 0.2) is 0 Å². The molecule has 5 heteroatoms. The second-order valence-electron chi connectivity index (χ2n) is 5.02. The molecule has 0 aliphatic carbocycles. The molecule has 0 aliphatic heterocycles. The summed E-state index contributed by atoms with van der Waals surface area (Å²) in [4.78, 5) is 0. The molecule has 112 valence electrons. The molecule has 0 amide bonds. The Kier molecular flexibility index (Phi) is 5.37. The molecule has 2 rings (SSSR count). The van der Waals surface area contributed by atoms with Crippen LogP contribution in [0.4, 0.5) is 0 Å². The Morgan fingerprint density at radius 1 is 1.24 bits per heavy atom. The Labute approximate surface area is 124 Å². The van der Waals surface area contributed by atoms with Gasteiger partial charge in [0.25, 0.3) is 0 Å². The fourth-order valence-electron chi connectivity index (χ4n) is 2.05. The largest absolute Gasteiger partial charge is 0.493 e. The fourth-order valence-corrected chi connectivity index (χ4v) is 2.05. The summed E-state index contributed by atoms with van der Waals surface area (Å²) in [6.45, 7) is 2.45. The summed E-state index contributed by atoms with van der Waals surface area (Å²) >= 11 is 0. The van der Waals surface area contributed by atoms with E-state index < -0.39 is 0 Å². The van der Waals surface area contributed by atoms with Gasteiger partial charge in [-0.1, -0.05) is 17.3 Å². The van der Waals surface area contributed by atoms with Gasteiger partial charge in [-0.15, -0.1) is 0 Å².